The van der Waals surface area contributed by atoms with Gasteiger partial charge in [0, 0.05) is 26.7 Å². The number of benzene rings is 2. The fourth-order valence-corrected chi connectivity index (χ4v) is 6.27. The molecule has 2 heterocycles. The minimum Gasteiger partial charge on any atom is -0.445 e. The van der Waals surface area contributed by atoms with Gasteiger partial charge in [0.25, 0.3) is 0 Å². The van der Waals surface area contributed by atoms with Crippen LogP contribution in [0.5, 0.6) is 0 Å². The molecule has 1 saturated carbocycles. The number of fused-ring (bicyclic) bond motifs is 1. The van der Waals surface area contributed by atoms with Crippen molar-refractivity contribution in [2.75, 3.05) is 27.7 Å². The number of nitrogens with one attached hydrogen (secondary N) is 1. The third kappa shape index (κ3) is 7.30. The highest BCUT2D eigenvalue weighted by Crippen LogP contribution is 2.37. The SMILES string of the molecule is CO[C@H]1C[C@H](NC(=O)OCc2ccccc2)[C@@H](O[C@H]2O[C@H](CN(C)[C@H](C)c3ccccc3)CC[C@@H]2O)[C@@H]2OC(=O)N(C)[C@@H]21. The Balaban J connectivity index is 1.28. The molecule has 2 aromatic carbocycles. The van der Waals surface area contributed by atoms with Crippen LogP contribution in [0.2, 0.25) is 0 Å². The van der Waals surface area contributed by atoms with E-state index in [2.05, 4.69) is 29.3 Å². The molecule has 3 fully saturated rings. The summed E-state index contributed by atoms with van der Waals surface area (Å²) in [6.45, 7) is 2.88. The third-order valence-corrected chi connectivity index (χ3v) is 8.87. The van der Waals surface area contributed by atoms with Gasteiger partial charge in [-0.15, -0.1) is 0 Å². The number of carbonyl (C=O) groups excluding carboxylic acids is 2. The van der Waals surface area contributed by atoms with Crippen molar-refractivity contribution in [2.24, 2.45) is 0 Å². The van der Waals surface area contributed by atoms with Gasteiger partial charge >= 0.3 is 12.2 Å². The maximum Gasteiger partial charge on any atom is 0.410 e. The zero-order chi connectivity index (χ0) is 30.5. The van der Waals surface area contributed by atoms with Crippen LogP contribution in [0.1, 0.15) is 43.4 Å². The number of hydrogen-bond donors (Lipinski definition) is 2. The van der Waals surface area contributed by atoms with E-state index in [1.54, 1.807) is 14.2 Å². The van der Waals surface area contributed by atoms with Gasteiger partial charge < -0.3 is 39.0 Å². The first-order valence-electron chi connectivity index (χ1n) is 14.9. The normalized spacial score (nSPS) is 31.3. The fraction of sp³-hybridized carbons (Fsp3) is 0.562. The van der Waals surface area contributed by atoms with Crippen molar-refractivity contribution in [1.29, 1.82) is 0 Å². The van der Waals surface area contributed by atoms with Crippen LogP contribution in [0, 0.1) is 0 Å². The molecule has 2 aromatic rings. The van der Waals surface area contributed by atoms with Crippen LogP contribution in [0.25, 0.3) is 0 Å². The molecule has 3 aliphatic rings. The Morgan fingerprint density at radius 2 is 1.84 bits per heavy atom. The van der Waals surface area contributed by atoms with Gasteiger partial charge in [-0.3, -0.25) is 4.90 Å². The lowest BCUT2D eigenvalue weighted by molar-refractivity contribution is -0.277. The maximum atomic E-state index is 12.9. The number of carbonyl (C=O) groups is 2. The second kappa shape index (κ2) is 14.0. The minimum atomic E-state index is -0.974. The van der Waals surface area contributed by atoms with E-state index in [-0.39, 0.29) is 18.8 Å². The molecule has 234 valence electrons. The Bertz CT molecular complexity index is 1200. The van der Waals surface area contributed by atoms with Crippen molar-refractivity contribution >= 4 is 12.2 Å². The van der Waals surface area contributed by atoms with Gasteiger partial charge in [-0.25, -0.2) is 9.59 Å². The van der Waals surface area contributed by atoms with E-state index in [1.807, 2.05) is 55.6 Å². The summed E-state index contributed by atoms with van der Waals surface area (Å²) in [4.78, 5) is 29.3. The molecule has 2 saturated heterocycles. The van der Waals surface area contributed by atoms with E-state index in [0.29, 0.717) is 25.8 Å². The average Bonchev–Trinajstić information content (AvgIpc) is 3.32. The lowest BCUT2D eigenvalue weighted by Gasteiger charge is -2.45. The standard InChI is InChI=1S/C32H43N3O8/c1-20(22-13-9-6-10-14-22)34(2)18-23-15-16-25(36)30(41-23)42-28-24(33-31(37)40-19-21-11-7-5-8-12-21)17-26(39-4)27-29(28)43-32(38)35(27)3/h5-14,20,23-30,36H,15-19H2,1-4H3,(H,33,37)/t20-,23+,24+,25+,26+,27-,28-,29-,30-/m1/s1. The lowest BCUT2D eigenvalue weighted by Crippen LogP contribution is -2.64. The molecule has 5 rings (SSSR count). The quantitative estimate of drug-likeness (QED) is 0.424. The summed E-state index contributed by atoms with van der Waals surface area (Å²) >= 11 is 0. The number of ether oxygens (including phenoxy) is 5. The van der Waals surface area contributed by atoms with E-state index in [9.17, 15) is 14.7 Å². The van der Waals surface area contributed by atoms with Gasteiger partial charge in [0.1, 0.15) is 24.9 Å². The van der Waals surface area contributed by atoms with Crippen molar-refractivity contribution < 1.29 is 38.4 Å². The summed E-state index contributed by atoms with van der Waals surface area (Å²) in [6, 6.07) is 18.7. The van der Waals surface area contributed by atoms with Crippen LogP contribution in [0.15, 0.2) is 60.7 Å². The van der Waals surface area contributed by atoms with Gasteiger partial charge in [-0.1, -0.05) is 60.7 Å². The number of nitrogens with zero attached hydrogens (tertiary/aromatic N) is 2. The van der Waals surface area contributed by atoms with Crippen LogP contribution >= 0.6 is 0 Å². The molecular formula is C32H43N3O8. The van der Waals surface area contributed by atoms with Gasteiger partial charge in [0.15, 0.2) is 12.4 Å². The molecule has 0 bridgehead atoms. The third-order valence-electron chi connectivity index (χ3n) is 8.87. The Morgan fingerprint density at radius 3 is 2.53 bits per heavy atom. The van der Waals surface area contributed by atoms with Crippen LogP contribution in [-0.2, 0) is 30.3 Å². The Hall–Kier alpha value is -3.22. The highest BCUT2D eigenvalue weighted by atomic mass is 16.7. The van der Waals surface area contributed by atoms with Crippen molar-refractivity contribution in [3.63, 3.8) is 0 Å². The summed E-state index contributed by atoms with van der Waals surface area (Å²) < 4.78 is 29.8. The Kier molecular flexibility index (Phi) is 10.2. The molecule has 2 aliphatic heterocycles. The molecule has 0 aromatic heterocycles. The zero-order valence-corrected chi connectivity index (χ0v) is 25.2. The molecule has 1 aliphatic carbocycles. The minimum absolute atomic E-state index is 0.101. The molecule has 0 spiro atoms. The van der Waals surface area contributed by atoms with E-state index in [0.717, 1.165) is 5.56 Å². The van der Waals surface area contributed by atoms with Crippen molar-refractivity contribution in [3.05, 3.63) is 71.8 Å². The predicted molar refractivity (Wildman–Crippen MR) is 157 cm³/mol. The number of aliphatic hydroxyl groups excluding tert-OH is 1. The Labute approximate surface area is 253 Å². The first-order chi connectivity index (χ1) is 20.7. The number of methoxy groups -OCH3 is 1. The average molecular weight is 598 g/mol. The van der Waals surface area contributed by atoms with E-state index in [4.69, 9.17) is 23.7 Å². The fourth-order valence-electron chi connectivity index (χ4n) is 6.27. The molecule has 0 radical (unpaired) electrons. The lowest BCUT2D eigenvalue weighted by atomic mass is 9.83. The van der Waals surface area contributed by atoms with Crippen molar-refractivity contribution in [3.8, 4) is 0 Å². The summed E-state index contributed by atoms with van der Waals surface area (Å²) in [6.07, 6.45) is -3.67. The van der Waals surface area contributed by atoms with Crippen LogP contribution in [0.4, 0.5) is 9.59 Å². The second-order valence-electron chi connectivity index (χ2n) is 11.7. The first-order valence-corrected chi connectivity index (χ1v) is 14.9. The highest BCUT2D eigenvalue weighted by Gasteiger charge is 2.56. The molecular weight excluding hydrogens is 554 g/mol. The van der Waals surface area contributed by atoms with E-state index >= 15 is 0 Å². The van der Waals surface area contributed by atoms with Crippen molar-refractivity contribution in [2.45, 2.75) is 87.7 Å². The summed E-state index contributed by atoms with van der Waals surface area (Å²) in [7, 11) is 5.27. The summed E-state index contributed by atoms with van der Waals surface area (Å²) in [5.41, 5.74) is 2.06. The number of alkyl carbamates (subject to hydrolysis) is 1. The molecule has 2 amide bonds. The highest BCUT2D eigenvalue weighted by molar-refractivity contribution is 5.71. The smallest absolute Gasteiger partial charge is 0.410 e. The molecule has 9 atom stereocenters. The maximum absolute atomic E-state index is 12.9. The van der Waals surface area contributed by atoms with Crippen LogP contribution < -0.4 is 5.32 Å². The summed E-state index contributed by atoms with van der Waals surface area (Å²) in [5, 5.41) is 13.8. The molecule has 2 N–H and O–H groups in total. The predicted octanol–water partition coefficient (Wildman–Crippen LogP) is 3.46. The molecule has 11 nitrogen and oxygen atoms in total. The Morgan fingerprint density at radius 1 is 1.14 bits per heavy atom. The summed E-state index contributed by atoms with van der Waals surface area (Å²) in [5.74, 6) is 0. The van der Waals surface area contributed by atoms with Gasteiger partial charge in [-0.2, -0.15) is 0 Å². The van der Waals surface area contributed by atoms with Gasteiger partial charge in [-0.05, 0) is 44.4 Å². The first kappa shape index (κ1) is 31.2. The molecule has 43 heavy (non-hydrogen) atoms. The molecule has 11 heteroatoms. The van der Waals surface area contributed by atoms with Gasteiger partial charge in [0.05, 0.1) is 18.2 Å². The number of amides is 2. The van der Waals surface area contributed by atoms with Crippen LogP contribution in [-0.4, -0.2) is 104 Å². The van der Waals surface area contributed by atoms with Crippen LogP contribution in [0.3, 0.4) is 0 Å². The second-order valence-corrected chi connectivity index (χ2v) is 11.7. The number of likely N-dealkylation sites (N-methyl/N-ethyl adjacent to an activating group) is 2. The monoisotopic (exact) mass is 597 g/mol. The largest absolute Gasteiger partial charge is 0.445 e. The van der Waals surface area contributed by atoms with Crippen molar-refractivity contribution in [1.82, 2.24) is 15.1 Å². The van der Waals surface area contributed by atoms with E-state index in [1.165, 1.54) is 10.5 Å². The number of rotatable bonds is 10. The van der Waals surface area contributed by atoms with E-state index < -0.39 is 55.0 Å². The number of hydrogen-bond acceptors (Lipinski definition) is 9. The molecule has 0 unspecified atom stereocenters. The topological polar surface area (TPSA) is 119 Å². The van der Waals surface area contributed by atoms with Gasteiger partial charge in [0.2, 0.25) is 0 Å². The number of aliphatic hydroxyl groups is 1. The zero-order valence-electron chi connectivity index (χ0n) is 25.2.